The molecule has 1 aromatic heterocycles. The summed E-state index contributed by atoms with van der Waals surface area (Å²) in [7, 11) is 2.12. The van der Waals surface area contributed by atoms with E-state index in [1.165, 1.54) is 37.2 Å². The fourth-order valence-corrected chi connectivity index (χ4v) is 2.31. The first-order chi connectivity index (χ1) is 6.84. The summed E-state index contributed by atoms with van der Waals surface area (Å²) in [5.41, 5.74) is 1.32. The molecule has 1 aromatic rings. The van der Waals surface area contributed by atoms with Gasteiger partial charge in [0.15, 0.2) is 0 Å². The van der Waals surface area contributed by atoms with Gasteiger partial charge >= 0.3 is 0 Å². The lowest BCUT2D eigenvalue weighted by molar-refractivity contribution is 0.579. The van der Waals surface area contributed by atoms with Crippen molar-refractivity contribution in [1.29, 1.82) is 0 Å². The van der Waals surface area contributed by atoms with Gasteiger partial charge in [-0.1, -0.05) is 0 Å². The average molecular weight is 191 g/mol. The molecule has 1 saturated carbocycles. The van der Waals surface area contributed by atoms with E-state index < -0.39 is 0 Å². The van der Waals surface area contributed by atoms with Crippen molar-refractivity contribution in [2.75, 3.05) is 6.54 Å². The molecule has 14 heavy (non-hydrogen) atoms. The molecule has 0 bridgehead atoms. The lowest BCUT2D eigenvalue weighted by Gasteiger charge is -2.08. The molecular weight excluding hydrogens is 174 g/mol. The van der Waals surface area contributed by atoms with Crippen LogP contribution in [0.5, 0.6) is 0 Å². The van der Waals surface area contributed by atoms with Crippen molar-refractivity contribution in [1.82, 2.24) is 14.9 Å². The monoisotopic (exact) mass is 191 g/mol. The van der Waals surface area contributed by atoms with Crippen LogP contribution in [0.2, 0.25) is 0 Å². The first-order valence-electron chi connectivity index (χ1n) is 5.61. The van der Waals surface area contributed by atoms with Gasteiger partial charge in [-0.05, 0) is 32.2 Å². The van der Waals surface area contributed by atoms with Crippen molar-refractivity contribution >= 4 is 0 Å². The summed E-state index contributed by atoms with van der Waals surface area (Å²) in [4.78, 5) is 4.75. The molecule has 1 saturated heterocycles. The summed E-state index contributed by atoms with van der Waals surface area (Å²) in [6.45, 7) is 1.15. The summed E-state index contributed by atoms with van der Waals surface area (Å²) >= 11 is 0. The Hall–Kier alpha value is -0.830. The van der Waals surface area contributed by atoms with Crippen LogP contribution in [-0.4, -0.2) is 16.1 Å². The second kappa shape index (κ2) is 3.09. The molecule has 3 heteroatoms. The minimum absolute atomic E-state index is 0.507. The van der Waals surface area contributed by atoms with Gasteiger partial charge in [0.2, 0.25) is 0 Å². The predicted octanol–water partition coefficient (Wildman–Crippen LogP) is 1.72. The standard InChI is InChI=1S/C11H17N3/c1-14-7-10(8-4-5-8)13-11(14)9-3-2-6-12-9/h7-9,12H,2-6H2,1H3. The number of nitrogens with one attached hydrogen (secondary N) is 1. The molecule has 2 fully saturated rings. The summed E-state index contributed by atoms with van der Waals surface area (Å²) < 4.78 is 2.20. The molecule has 3 nitrogen and oxygen atoms in total. The molecule has 0 radical (unpaired) electrons. The third kappa shape index (κ3) is 1.36. The Labute approximate surface area is 84.5 Å². The van der Waals surface area contributed by atoms with Gasteiger partial charge in [0.1, 0.15) is 5.82 Å². The number of aryl methyl sites for hydroxylation is 1. The average Bonchev–Trinajstić information content (AvgIpc) is 2.75. The van der Waals surface area contributed by atoms with Gasteiger partial charge in [-0.2, -0.15) is 0 Å². The molecule has 1 unspecified atom stereocenters. The van der Waals surface area contributed by atoms with Crippen molar-refractivity contribution < 1.29 is 0 Å². The van der Waals surface area contributed by atoms with Gasteiger partial charge in [0, 0.05) is 19.2 Å². The summed E-state index contributed by atoms with van der Waals surface area (Å²) in [5.74, 6) is 2.01. The van der Waals surface area contributed by atoms with Gasteiger partial charge in [-0.15, -0.1) is 0 Å². The number of rotatable bonds is 2. The summed E-state index contributed by atoms with van der Waals surface area (Å²) in [6, 6.07) is 0.507. The molecule has 2 aliphatic rings. The normalized spacial score (nSPS) is 27.1. The Morgan fingerprint density at radius 3 is 2.93 bits per heavy atom. The van der Waals surface area contributed by atoms with Crippen LogP contribution in [0.3, 0.4) is 0 Å². The molecule has 0 amide bonds. The molecule has 1 atom stereocenters. The Morgan fingerprint density at radius 1 is 1.43 bits per heavy atom. The third-order valence-corrected chi connectivity index (χ3v) is 3.30. The van der Waals surface area contributed by atoms with E-state index in [0.717, 1.165) is 12.5 Å². The van der Waals surface area contributed by atoms with Gasteiger partial charge in [-0.25, -0.2) is 4.98 Å². The maximum atomic E-state index is 4.75. The van der Waals surface area contributed by atoms with Crippen LogP contribution in [0.1, 0.15) is 49.2 Å². The molecule has 2 heterocycles. The zero-order chi connectivity index (χ0) is 9.54. The van der Waals surface area contributed by atoms with E-state index in [1.807, 2.05) is 0 Å². The van der Waals surface area contributed by atoms with Crippen molar-refractivity contribution in [2.45, 2.75) is 37.6 Å². The second-order valence-electron chi connectivity index (χ2n) is 4.56. The minimum atomic E-state index is 0.507. The van der Waals surface area contributed by atoms with Crippen molar-refractivity contribution in [2.24, 2.45) is 7.05 Å². The Kier molecular flexibility index (Phi) is 1.87. The van der Waals surface area contributed by atoms with Crippen LogP contribution in [-0.2, 0) is 7.05 Å². The first kappa shape index (κ1) is 8.48. The molecule has 3 rings (SSSR count). The maximum Gasteiger partial charge on any atom is 0.125 e. The highest BCUT2D eigenvalue weighted by Gasteiger charge is 2.28. The molecule has 76 valence electrons. The maximum absolute atomic E-state index is 4.75. The van der Waals surface area contributed by atoms with Crippen LogP contribution in [0.25, 0.3) is 0 Å². The van der Waals surface area contributed by atoms with Gasteiger partial charge in [-0.3, -0.25) is 0 Å². The van der Waals surface area contributed by atoms with Crippen molar-refractivity contribution in [3.05, 3.63) is 17.7 Å². The molecule has 1 aliphatic carbocycles. The summed E-state index contributed by atoms with van der Waals surface area (Å²) in [5, 5.41) is 3.50. The zero-order valence-corrected chi connectivity index (χ0v) is 8.66. The molecule has 0 aromatic carbocycles. The number of hydrogen-bond acceptors (Lipinski definition) is 2. The molecule has 1 aliphatic heterocycles. The van der Waals surface area contributed by atoms with E-state index in [-0.39, 0.29) is 0 Å². The zero-order valence-electron chi connectivity index (χ0n) is 8.66. The van der Waals surface area contributed by atoms with E-state index in [9.17, 15) is 0 Å². The van der Waals surface area contributed by atoms with Gasteiger partial charge < -0.3 is 9.88 Å². The summed E-state index contributed by atoms with van der Waals surface area (Å²) in [6.07, 6.45) is 7.43. The highest BCUT2D eigenvalue weighted by Crippen LogP contribution is 2.39. The molecule has 0 spiro atoms. The second-order valence-corrected chi connectivity index (χ2v) is 4.56. The topological polar surface area (TPSA) is 29.9 Å². The Bertz CT molecular complexity index is 332. The predicted molar refractivity (Wildman–Crippen MR) is 55.2 cm³/mol. The minimum Gasteiger partial charge on any atom is -0.336 e. The van der Waals surface area contributed by atoms with Crippen molar-refractivity contribution in [3.8, 4) is 0 Å². The first-order valence-corrected chi connectivity index (χ1v) is 5.61. The van der Waals surface area contributed by atoms with Gasteiger partial charge in [0.05, 0.1) is 11.7 Å². The molecular formula is C11H17N3. The quantitative estimate of drug-likeness (QED) is 0.771. The lowest BCUT2D eigenvalue weighted by atomic mass is 10.2. The Morgan fingerprint density at radius 2 is 2.29 bits per heavy atom. The SMILES string of the molecule is Cn1cc(C2CC2)nc1C1CCCN1. The highest BCUT2D eigenvalue weighted by atomic mass is 15.1. The lowest BCUT2D eigenvalue weighted by Crippen LogP contribution is -2.16. The van der Waals surface area contributed by atoms with Gasteiger partial charge in [0.25, 0.3) is 0 Å². The smallest absolute Gasteiger partial charge is 0.125 e. The van der Waals surface area contributed by atoms with Crippen LogP contribution in [0.15, 0.2) is 6.20 Å². The largest absolute Gasteiger partial charge is 0.336 e. The highest BCUT2D eigenvalue weighted by molar-refractivity contribution is 5.16. The fourth-order valence-electron chi connectivity index (χ4n) is 2.31. The van der Waals surface area contributed by atoms with Crippen LogP contribution < -0.4 is 5.32 Å². The number of nitrogens with zero attached hydrogens (tertiary/aromatic N) is 2. The van der Waals surface area contributed by atoms with Crippen LogP contribution in [0, 0.1) is 0 Å². The van der Waals surface area contributed by atoms with E-state index in [2.05, 4.69) is 23.1 Å². The number of hydrogen-bond donors (Lipinski definition) is 1. The van der Waals surface area contributed by atoms with Crippen molar-refractivity contribution in [3.63, 3.8) is 0 Å². The fraction of sp³-hybridized carbons (Fsp3) is 0.727. The number of aromatic nitrogens is 2. The number of imidazole rings is 1. The van der Waals surface area contributed by atoms with E-state index in [0.29, 0.717) is 6.04 Å². The van der Waals surface area contributed by atoms with E-state index in [1.54, 1.807) is 0 Å². The van der Waals surface area contributed by atoms with E-state index in [4.69, 9.17) is 4.98 Å². The Balaban J connectivity index is 1.88. The van der Waals surface area contributed by atoms with Crippen LogP contribution in [0.4, 0.5) is 0 Å². The van der Waals surface area contributed by atoms with E-state index >= 15 is 0 Å². The molecule has 1 N–H and O–H groups in total. The van der Waals surface area contributed by atoms with Crippen LogP contribution >= 0.6 is 0 Å². The third-order valence-electron chi connectivity index (χ3n) is 3.30.